The van der Waals surface area contributed by atoms with Gasteiger partial charge in [0.2, 0.25) is 0 Å². The van der Waals surface area contributed by atoms with Crippen LogP contribution in [-0.2, 0) is 6.42 Å². The largest absolute Gasteiger partial charge is 0.469 e. The van der Waals surface area contributed by atoms with Crippen molar-refractivity contribution >= 4 is 10.9 Å². The van der Waals surface area contributed by atoms with Crippen molar-refractivity contribution in [2.24, 2.45) is 5.84 Å². The third kappa shape index (κ3) is 2.19. The number of rotatable bonds is 4. The van der Waals surface area contributed by atoms with Gasteiger partial charge < -0.3 is 4.42 Å². The summed E-state index contributed by atoms with van der Waals surface area (Å²) in [6.45, 7) is 2.07. The number of benzene rings is 1. The SMILES string of the molecule is CCc1occc1C(NN)c1ccc2cccnc2c1. The molecule has 4 nitrogen and oxygen atoms in total. The normalized spacial score (nSPS) is 12.7. The van der Waals surface area contributed by atoms with Gasteiger partial charge in [-0.15, -0.1) is 0 Å². The van der Waals surface area contributed by atoms with Gasteiger partial charge in [0.15, 0.2) is 0 Å². The Morgan fingerprint density at radius 1 is 1.30 bits per heavy atom. The molecule has 0 saturated heterocycles. The number of hydrogen-bond acceptors (Lipinski definition) is 4. The van der Waals surface area contributed by atoms with Crippen molar-refractivity contribution in [3.05, 3.63) is 65.7 Å². The van der Waals surface area contributed by atoms with E-state index in [1.54, 1.807) is 12.5 Å². The Labute approximate surface area is 117 Å². The fourth-order valence-corrected chi connectivity index (χ4v) is 2.52. The zero-order valence-corrected chi connectivity index (χ0v) is 11.3. The van der Waals surface area contributed by atoms with E-state index in [0.717, 1.165) is 34.2 Å². The van der Waals surface area contributed by atoms with E-state index >= 15 is 0 Å². The lowest BCUT2D eigenvalue weighted by atomic mass is 9.97. The van der Waals surface area contributed by atoms with E-state index in [0.29, 0.717) is 0 Å². The summed E-state index contributed by atoms with van der Waals surface area (Å²) in [5, 5.41) is 1.12. The molecule has 3 N–H and O–H groups in total. The molecule has 0 aliphatic rings. The summed E-state index contributed by atoms with van der Waals surface area (Å²) in [6.07, 6.45) is 4.34. The third-order valence-corrected chi connectivity index (χ3v) is 3.54. The lowest BCUT2D eigenvalue weighted by molar-refractivity contribution is 0.502. The van der Waals surface area contributed by atoms with Gasteiger partial charge in [-0.1, -0.05) is 25.1 Å². The van der Waals surface area contributed by atoms with Gasteiger partial charge in [0.1, 0.15) is 5.76 Å². The van der Waals surface area contributed by atoms with Crippen LogP contribution in [0.15, 0.2) is 53.3 Å². The Balaban J connectivity index is 2.07. The summed E-state index contributed by atoms with van der Waals surface area (Å²) in [5.74, 6) is 6.70. The van der Waals surface area contributed by atoms with E-state index in [2.05, 4.69) is 35.5 Å². The number of nitrogens with two attached hydrogens (primary N) is 1. The van der Waals surface area contributed by atoms with E-state index in [1.807, 2.05) is 18.2 Å². The summed E-state index contributed by atoms with van der Waals surface area (Å²) in [6, 6.07) is 12.1. The average Bonchev–Trinajstić information content (AvgIpc) is 2.96. The molecule has 2 heterocycles. The molecule has 3 aromatic rings. The molecule has 0 aliphatic carbocycles. The van der Waals surface area contributed by atoms with Crippen molar-refractivity contribution in [1.82, 2.24) is 10.4 Å². The van der Waals surface area contributed by atoms with Crippen LogP contribution in [0.4, 0.5) is 0 Å². The molecule has 1 atom stereocenters. The number of hydrazine groups is 1. The fraction of sp³-hybridized carbons (Fsp3) is 0.188. The van der Waals surface area contributed by atoms with Gasteiger partial charge in [-0.2, -0.15) is 0 Å². The van der Waals surface area contributed by atoms with Crippen LogP contribution in [0.3, 0.4) is 0 Å². The lowest BCUT2D eigenvalue weighted by Crippen LogP contribution is -2.29. The maximum atomic E-state index is 5.75. The van der Waals surface area contributed by atoms with E-state index in [1.165, 1.54) is 0 Å². The number of furan rings is 1. The first-order valence-electron chi connectivity index (χ1n) is 6.70. The van der Waals surface area contributed by atoms with E-state index < -0.39 is 0 Å². The average molecular weight is 267 g/mol. The molecule has 2 aromatic heterocycles. The van der Waals surface area contributed by atoms with Gasteiger partial charge in [-0.05, 0) is 23.8 Å². The number of nitrogens with one attached hydrogen (secondary N) is 1. The molecule has 0 bridgehead atoms. The summed E-state index contributed by atoms with van der Waals surface area (Å²) in [7, 11) is 0. The van der Waals surface area contributed by atoms with E-state index in [-0.39, 0.29) is 6.04 Å². The van der Waals surface area contributed by atoms with Gasteiger partial charge >= 0.3 is 0 Å². The fourth-order valence-electron chi connectivity index (χ4n) is 2.52. The number of aromatic nitrogens is 1. The minimum Gasteiger partial charge on any atom is -0.469 e. The quantitative estimate of drug-likeness (QED) is 0.563. The first-order chi connectivity index (χ1) is 9.83. The first-order valence-corrected chi connectivity index (χ1v) is 6.70. The summed E-state index contributed by atoms with van der Waals surface area (Å²) in [4.78, 5) is 4.39. The standard InChI is InChI=1S/C16H17N3O/c1-2-15-13(7-9-20-15)16(19-17)12-6-5-11-4-3-8-18-14(11)10-12/h3-10,16,19H,2,17H2,1H3. The van der Waals surface area contributed by atoms with Gasteiger partial charge in [0, 0.05) is 23.6 Å². The minimum atomic E-state index is -0.0879. The maximum Gasteiger partial charge on any atom is 0.108 e. The molecule has 0 saturated carbocycles. The van der Waals surface area contributed by atoms with Crippen LogP contribution in [0.25, 0.3) is 10.9 Å². The highest BCUT2D eigenvalue weighted by Gasteiger charge is 2.18. The molecule has 20 heavy (non-hydrogen) atoms. The van der Waals surface area contributed by atoms with Crippen molar-refractivity contribution in [1.29, 1.82) is 0 Å². The van der Waals surface area contributed by atoms with Crippen LogP contribution in [0, 0.1) is 0 Å². The smallest absolute Gasteiger partial charge is 0.108 e. The van der Waals surface area contributed by atoms with Crippen molar-refractivity contribution in [2.45, 2.75) is 19.4 Å². The van der Waals surface area contributed by atoms with Crippen molar-refractivity contribution in [3.8, 4) is 0 Å². The number of pyridine rings is 1. The molecule has 3 rings (SSSR count). The predicted octanol–water partition coefficient (Wildman–Crippen LogP) is 2.94. The molecular formula is C16H17N3O. The van der Waals surface area contributed by atoms with Crippen LogP contribution in [0.5, 0.6) is 0 Å². The number of hydrogen-bond donors (Lipinski definition) is 2. The van der Waals surface area contributed by atoms with Crippen LogP contribution in [0.2, 0.25) is 0 Å². The Morgan fingerprint density at radius 3 is 3.00 bits per heavy atom. The van der Waals surface area contributed by atoms with Crippen molar-refractivity contribution in [3.63, 3.8) is 0 Å². The van der Waals surface area contributed by atoms with Crippen LogP contribution >= 0.6 is 0 Å². The number of aryl methyl sites for hydroxylation is 1. The summed E-state index contributed by atoms with van der Waals surface area (Å²) >= 11 is 0. The van der Waals surface area contributed by atoms with Crippen molar-refractivity contribution < 1.29 is 4.42 Å². The number of nitrogens with zero attached hydrogens (tertiary/aromatic N) is 1. The maximum absolute atomic E-state index is 5.75. The molecule has 0 radical (unpaired) electrons. The van der Waals surface area contributed by atoms with Gasteiger partial charge in [-0.25, -0.2) is 5.43 Å². The monoisotopic (exact) mass is 267 g/mol. The summed E-state index contributed by atoms with van der Waals surface area (Å²) in [5.41, 5.74) is 5.99. The van der Waals surface area contributed by atoms with Gasteiger partial charge in [0.25, 0.3) is 0 Å². The molecule has 0 fully saturated rings. The van der Waals surface area contributed by atoms with Crippen molar-refractivity contribution in [2.75, 3.05) is 0 Å². The second-order valence-corrected chi connectivity index (χ2v) is 4.71. The zero-order valence-electron chi connectivity index (χ0n) is 11.3. The van der Waals surface area contributed by atoms with Crippen LogP contribution < -0.4 is 11.3 Å². The van der Waals surface area contributed by atoms with E-state index in [4.69, 9.17) is 10.3 Å². The number of fused-ring (bicyclic) bond motifs is 1. The van der Waals surface area contributed by atoms with Gasteiger partial charge in [0.05, 0.1) is 17.8 Å². The lowest BCUT2D eigenvalue weighted by Gasteiger charge is -2.16. The van der Waals surface area contributed by atoms with Gasteiger partial charge in [-0.3, -0.25) is 10.8 Å². The van der Waals surface area contributed by atoms with E-state index in [9.17, 15) is 0 Å². The molecule has 4 heteroatoms. The highest BCUT2D eigenvalue weighted by atomic mass is 16.3. The molecular weight excluding hydrogens is 250 g/mol. The molecule has 0 aliphatic heterocycles. The first kappa shape index (κ1) is 12.8. The minimum absolute atomic E-state index is 0.0879. The Bertz CT molecular complexity index is 720. The van der Waals surface area contributed by atoms with Crippen LogP contribution in [-0.4, -0.2) is 4.98 Å². The Hall–Kier alpha value is -2.17. The zero-order chi connectivity index (χ0) is 13.9. The Morgan fingerprint density at radius 2 is 2.20 bits per heavy atom. The highest BCUT2D eigenvalue weighted by Crippen LogP contribution is 2.27. The molecule has 102 valence electrons. The second kappa shape index (κ2) is 5.45. The molecule has 1 unspecified atom stereocenters. The van der Waals surface area contributed by atoms with Crippen LogP contribution in [0.1, 0.15) is 29.9 Å². The predicted molar refractivity (Wildman–Crippen MR) is 79.0 cm³/mol. The highest BCUT2D eigenvalue weighted by molar-refractivity contribution is 5.79. The third-order valence-electron chi connectivity index (χ3n) is 3.54. The molecule has 1 aromatic carbocycles. The summed E-state index contributed by atoms with van der Waals surface area (Å²) < 4.78 is 5.49. The topological polar surface area (TPSA) is 64.1 Å². The Kier molecular flexibility index (Phi) is 3.50. The second-order valence-electron chi connectivity index (χ2n) is 4.71. The molecule has 0 amide bonds. The molecule has 0 spiro atoms.